The van der Waals surface area contributed by atoms with Gasteiger partial charge in [-0.05, 0) is 42.1 Å². The molecule has 0 atom stereocenters. The first-order chi connectivity index (χ1) is 12.5. The number of anilines is 1. The number of hydrogen-bond donors (Lipinski definition) is 4. The van der Waals surface area contributed by atoms with Crippen LogP contribution in [-0.2, 0) is 9.37 Å². The number of aryl methyl sites for hydroxylation is 1. The van der Waals surface area contributed by atoms with E-state index in [1.54, 1.807) is 42.5 Å². The van der Waals surface area contributed by atoms with Crippen LogP contribution in [-0.4, -0.2) is 15.5 Å². The third-order valence-electron chi connectivity index (χ3n) is 3.65. The molecule has 0 saturated carbocycles. The molecule has 3 aromatic carbocycles. The van der Waals surface area contributed by atoms with Crippen LogP contribution in [0.2, 0.25) is 0 Å². The van der Waals surface area contributed by atoms with Gasteiger partial charge in [-0.15, -0.1) is 14.6 Å². The van der Waals surface area contributed by atoms with Crippen LogP contribution in [0.25, 0.3) is 10.8 Å². The molecule has 5 N–H and O–H groups in total. The van der Waals surface area contributed by atoms with E-state index in [0.29, 0.717) is 33.4 Å². The molecule has 0 aliphatic rings. The Labute approximate surface area is 152 Å². The molecule has 0 saturated heterocycles. The van der Waals surface area contributed by atoms with E-state index in [1.807, 2.05) is 6.92 Å². The molecule has 26 heavy (non-hydrogen) atoms. The SMILES string of the molecule is Cc1ccc(N=Nc2c(SOOO)cc3cccc(N)c3c2O)c(O)c1. The molecule has 134 valence electrons. The molecule has 3 rings (SSSR count). The topological polar surface area (TPSA) is 130 Å². The number of rotatable bonds is 5. The van der Waals surface area contributed by atoms with Crippen LogP contribution in [0.5, 0.6) is 11.5 Å². The molecular weight excluding hydrogens is 358 g/mol. The summed E-state index contributed by atoms with van der Waals surface area (Å²) in [6, 6.07) is 11.7. The monoisotopic (exact) mass is 373 g/mol. The Bertz CT molecular complexity index is 994. The van der Waals surface area contributed by atoms with E-state index in [1.165, 1.54) is 0 Å². The Morgan fingerprint density at radius 1 is 1.08 bits per heavy atom. The summed E-state index contributed by atoms with van der Waals surface area (Å²) in [4.78, 5) is 0.324. The molecule has 0 aromatic heterocycles. The lowest BCUT2D eigenvalue weighted by atomic mass is 10.1. The van der Waals surface area contributed by atoms with Crippen molar-refractivity contribution in [1.29, 1.82) is 0 Å². The van der Waals surface area contributed by atoms with E-state index in [2.05, 4.69) is 19.6 Å². The minimum atomic E-state index is -0.208. The number of nitrogens with two attached hydrogens (primary N) is 1. The second-order valence-corrected chi connectivity index (χ2v) is 6.18. The number of nitrogens with zero attached hydrogens (tertiary/aromatic N) is 2. The summed E-state index contributed by atoms with van der Waals surface area (Å²) in [5.74, 6) is -0.252. The Balaban J connectivity index is 2.14. The molecule has 8 nitrogen and oxygen atoms in total. The van der Waals surface area contributed by atoms with Crippen LogP contribution >= 0.6 is 12.0 Å². The van der Waals surface area contributed by atoms with E-state index in [9.17, 15) is 10.2 Å². The number of phenolic OH excluding ortho intramolecular Hbond substituents is 2. The van der Waals surface area contributed by atoms with Crippen molar-refractivity contribution in [2.75, 3.05) is 5.73 Å². The van der Waals surface area contributed by atoms with Gasteiger partial charge in [0.15, 0.2) is 5.75 Å². The molecule has 0 unspecified atom stereocenters. The van der Waals surface area contributed by atoms with Crippen molar-refractivity contribution in [3.8, 4) is 11.5 Å². The maximum atomic E-state index is 10.6. The lowest BCUT2D eigenvalue weighted by molar-refractivity contribution is -0.432. The van der Waals surface area contributed by atoms with Gasteiger partial charge in [0.05, 0.1) is 16.9 Å². The standard InChI is InChI=1S/C17H15N3O5S/c1-9-5-6-12(13(21)7-9)19-20-16-14(26-25-24-23)8-10-3-2-4-11(18)15(10)17(16)22/h2-8,21-23H,18H2,1H3. The molecule has 0 amide bonds. The second-order valence-electron chi connectivity index (χ2n) is 5.44. The van der Waals surface area contributed by atoms with Gasteiger partial charge >= 0.3 is 0 Å². The summed E-state index contributed by atoms with van der Waals surface area (Å²) in [5, 5.41) is 41.7. The average Bonchev–Trinajstić information content (AvgIpc) is 2.60. The van der Waals surface area contributed by atoms with Gasteiger partial charge in [-0.3, -0.25) is 0 Å². The number of hydrogen-bond acceptors (Lipinski definition) is 9. The first-order valence-electron chi connectivity index (χ1n) is 7.41. The third kappa shape index (κ3) is 3.55. The predicted octanol–water partition coefficient (Wildman–Crippen LogP) is 4.99. The van der Waals surface area contributed by atoms with Gasteiger partial charge in [0.25, 0.3) is 0 Å². The highest BCUT2D eigenvalue weighted by atomic mass is 32.2. The smallest absolute Gasteiger partial charge is 0.154 e. The van der Waals surface area contributed by atoms with Crippen LogP contribution in [0.15, 0.2) is 57.6 Å². The number of phenols is 2. The van der Waals surface area contributed by atoms with E-state index >= 15 is 0 Å². The Morgan fingerprint density at radius 3 is 2.62 bits per heavy atom. The predicted molar refractivity (Wildman–Crippen MR) is 97.7 cm³/mol. The Morgan fingerprint density at radius 2 is 1.88 bits per heavy atom. The quantitative estimate of drug-likeness (QED) is 0.163. The lowest BCUT2D eigenvalue weighted by Crippen LogP contribution is -1.89. The van der Waals surface area contributed by atoms with Crippen molar-refractivity contribution >= 4 is 39.9 Å². The summed E-state index contributed by atoms with van der Waals surface area (Å²) in [5.41, 5.74) is 7.46. The third-order valence-corrected chi connectivity index (χ3v) is 4.27. The molecule has 3 aromatic rings. The van der Waals surface area contributed by atoms with Crippen molar-refractivity contribution in [2.24, 2.45) is 10.2 Å². The summed E-state index contributed by atoms with van der Waals surface area (Å²) < 4.78 is 4.46. The van der Waals surface area contributed by atoms with Gasteiger partial charge in [-0.1, -0.05) is 23.2 Å². The largest absolute Gasteiger partial charge is 0.506 e. The van der Waals surface area contributed by atoms with Gasteiger partial charge < -0.3 is 15.9 Å². The number of benzene rings is 3. The highest BCUT2D eigenvalue weighted by Gasteiger charge is 2.16. The minimum absolute atomic E-state index is 0.0438. The first kappa shape index (κ1) is 18.0. The number of azo groups is 1. The van der Waals surface area contributed by atoms with Crippen LogP contribution in [0.1, 0.15) is 5.56 Å². The zero-order valence-corrected chi connectivity index (χ0v) is 14.4. The zero-order valence-electron chi connectivity index (χ0n) is 13.6. The van der Waals surface area contributed by atoms with Crippen molar-refractivity contribution in [2.45, 2.75) is 11.8 Å². The number of fused-ring (bicyclic) bond motifs is 1. The molecule has 9 heteroatoms. The normalized spacial score (nSPS) is 11.5. The van der Waals surface area contributed by atoms with Crippen LogP contribution in [0, 0.1) is 6.92 Å². The molecule has 0 radical (unpaired) electrons. The van der Waals surface area contributed by atoms with Gasteiger partial charge in [-0.25, -0.2) is 5.26 Å². The summed E-state index contributed by atoms with van der Waals surface area (Å²) >= 11 is 0.634. The second kappa shape index (κ2) is 7.58. The fourth-order valence-corrected chi connectivity index (χ4v) is 2.96. The molecule has 0 aliphatic heterocycles. The van der Waals surface area contributed by atoms with E-state index < -0.39 is 0 Å². The van der Waals surface area contributed by atoms with Gasteiger partial charge in [0, 0.05) is 11.1 Å². The summed E-state index contributed by atoms with van der Waals surface area (Å²) in [6.45, 7) is 1.83. The maximum absolute atomic E-state index is 10.6. The average molecular weight is 373 g/mol. The molecule has 0 bridgehead atoms. The number of aromatic hydroxyl groups is 2. The van der Waals surface area contributed by atoms with Crippen molar-refractivity contribution in [3.63, 3.8) is 0 Å². The van der Waals surface area contributed by atoms with Crippen LogP contribution < -0.4 is 5.73 Å². The zero-order chi connectivity index (χ0) is 18.7. The highest BCUT2D eigenvalue weighted by molar-refractivity contribution is 7.94. The van der Waals surface area contributed by atoms with E-state index in [4.69, 9.17) is 11.0 Å². The van der Waals surface area contributed by atoms with Gasteiger partial charge in [0.1, 0.15) is 17.1 Å². The van der Waals surface area contributed by atoms with Crippen LogP contribution in [0.4, 0.5) is 17.1 Å². The van der Waals surface area contributed by atoms with Gasteiger partial charge in [0.2, 0.25) is 0 Å². The van der Waals surface area contributed by atoms with Gasteiger partial charge in [-0.2, -0.15) is 0 Å². The molecular formula is C17H15N3O5S. The fraction of sp³-hybridized carbons (Fsp3) is 0.0588. The van der Waals surface area contributed by atoms with Crippen LogP contribution in [0.3, 0.4) is 0 Å². The van der Waals surface area contributed by atoms with E-state index in [0.717, 1.165) is 5.56 Å². The minimum Gasteiger partial charge on any atom is -0.506 e. The molecule has 0 spiro atoms. The molecule has 0 aliphatic carbocycles. The molecule has 0 fully saturated rings. The Kier molecular flexibility index (Phi) is 5.24. The maximum Gasteiger partial charge on any atom is 0.154 e. The summed E-state index contributed by atoms with van der Waals surface area (Å²) in [6.07, 6.45) is 0. The molecule has 0 heterocycles. The lowest BCUT2D eigenvalue weighted by Gasteiger charge is -2.10. The first-order valence-corrected chi connectivity index (χ1v) is 8.15. The van der Waals surface area contributed by atoms with Crippen molar-refractivity contribution in [1.82, 2.24) is 0 Å². The Hall–Kier alpha value is -2.85. The summed E-state index contributed by atoms with van der Waals surface area (Å²) in [7, 11) is 0. The van der Waals surface area contributed by atoms with Crippen molar-refractivity contribution < 1.29 is 24.8 Å². The van der Waals surface area contributed by atoms with E-state index in [-0.39, 0.29) is 22.9 Å². The van der Waals surface area contributed by atoms with Crippen molar-refractivity contribution in [3.05, 3.63) is 48.0 Å². The fourth-order valence-electron chi connectivity index (χ4n) is 2.46. The highest BCUT2D eigenvalue weighted by Crippen LogP contribution is 2.45. The number of nitrogen functional groups attached to an aromatic ring is 1.